The van der Waals surface area contributed by atoms with E-state index in [0.29, 0.717) is 5.05 Å². The molecule has 0 unspecified atom stereocenters. The van der Waals surface area contributed by atoms with Gasteiger partial charge >= 0.3 is 0 Å². The van der Waals surface area contributed by atoms with E-state index in [2.05, 4.69) is 48.5 Å². The van der Waals surface area contributed by atoms with Gasteiger partial charge in [0.2, 0.25) is 0 Å². The number of benzene rings is 3. The van der Waals surface area contributed by atoms with Crippen LogP contribution in [-0.2, 0) is 0 Å². The highest BCUT2D eigenvalue weighted by molar-refractivity contribution is 7.99. The minimum atomic E-state index is -0.0149. The van der Waals surface area contributed by atoms with E-state index in [1.807, 2.05) is 30.3 Å². The molecule has 4 rings (SSSR count). The van der Waals surface area contributed by atoms with Gasteiger partial charge in [0.25, 0.3) is 0 Å². The lowest BCUT2D eigenvalue weighted by atomic mass is 9.91. The normalized spacial score (nSPS) is 13.0. The Labute approximate surface area is 145 Å². The van der Waals surface area contributed by atoms with Crippen molar-refractivity contribution in [2.24, 2.45) is 0 Å². The van der Waals surface area contributed by atoms with E-state index in [9.17, 15) is 0 Å². The molecule has 3 aromatic rings. The summed E-state index contributed by atoms with van der Waals surface area (Å²) in [5.41, 5.74) is 2.44. The van der Waals surface area contributed by atoms with Crippen LogP contribution in [0.1, 0.15) is 17.0 Å². The fraction of sp³-hybridized carbons (Fsp3) is 0.0500. The zero-order valence-corrected chi connectivity index (χ0v) is 13.9. The topological polar surface area (TPSA) is 9.23 Å². The molecule has 0 radical (unpaired) electrons. The van der Waals surface area contributed by atoms with Gasteiger partial charge in [-0.3, -0.25) is 0 Å². The molecule has 0 aliphatic carbocycles. The summed E-state index contributed by atoms with van der Waals surface area (Å²) >= 11 is 7.47. The fourth-order valence-corrected chi connectivity index (χ4v) is 4.32. The van der Waals surface area contributed by atoms with Crippen LogP contribution in [0.2, 0.25) is 0 Å². The second kappa shape index (κ2) is 6.19. The standard InChI is InChI=1S/C20H14OS2/c22-20(21-14-8-2-1-3-9-14)19-15-10-4-6-12-17(15)23-18-13-7-5-11-16(18)19/h1-13,19H. The Kier molecular flexibility index (Phi) is 3.90. The van der Waals surface area contributed by atoms with E-state index in [0.717, 1.165) is 5.75 Å². The van der Waals surface area contributed by atoms with E-state index in [1.54, 1.807) is 11.8 Å². The van der Waals surface area contributed by atoms with Gasteiger partial charge in [-0.15, -0.1) is 0 Å². The molecule has 0 fully saturated rings. The zero-order valence-electron chi connectivity index (χ0n) is 12.3. The Morgan fingerprint density at radius 3 is 1.87 bits per heavy atom. The summed E-state index contributed by atoms with van der Waals surface area (Å²) in [4.78, 5) is 2.49. The first-order valence-corrected chi connectivity index (χ1v) is 8.68. The van der Waals surface area contributed by atoms with Crippen LogP contribution >= 0.6 is 24.0 Å². The van der Waals surface area contributed by atoms with Gasteiger partial charge in [0.05, 0.1) is 5.92 Å². The first-order chi connectivity index (χ1) is 11.3. The number of ether oxygens (including phenoxy) is 1. The number of rotatable bonds is 2. The Morgan fingerprint density at radius 1 is 0.739 bits per heavy atom. The largest absolute Gasteiger partial charge is 0.449 e. The van der Waals surface area contributed by atoms with Crippen LogP contribution in [0.4, 0.5) is 0 Å². The molecule has 0 spiro atoms. The predicted molar refractivity (Wildman–Crippen MR) is 98.5 cm³/mol. The van der Waals surface area contributed by atoms with Crippen LogP contribution in [0.25, 0.3) is 0 Å². The molecular formula is C20H14OS2. The summed E-state index contributed by atoms with van der Waals surface area (Å²) in [6.07, 6.45) is 0. The summed E-state index contributed by atoms with van der Waals surface area (Å²) in [5, 5.41) is 0.594. The third kappa shape index (κ3) is 2.78. The molecule has 0 saturated carbocycles. The van der Waals surface area contributed by atoms with Gasteiger partial charge in [0.1, 0.15) is 5.75 Å². The van der Waals surface area contributed by atoms with Crippen LogP contribution in [0.3, 0.4) is 0 Å². The Balaban J connectivity index is 1.77. The molecule has 0 amide bonds. The summed E-state index contributed by atoms with van der Waals surface area (Å²) in [7, 11) is 0. The molecule has 0 bridgehead atoms. The monoisotopic (exact) mass is 334 g/mol. The molecule has 0 atom stereocenters. The molecule has 112 valence electrons. The lowest BCUT2D eigenvalue weighted by Gasteiger charge is -2.28. The SMILES string of the molecule is S=C(Oc1ccccc1)C1c2ccccc2Sc2ccccc21. The van der Waals surface area contributed by atoms with Gasteiger partial charge in [-0.2, -0.15) is 0 Å². The molecule has 1 aliphatic rings. The van der Waals surface area contributed by atoms with E-state index in [-0.39, 0.29) is 5.92 Å². The van der Waals surface area contributed by atoms with E-state index < -0.39 is 0 Å². The van der Waals surface area contributed by atoms with E-state index in [4.69, 9.17) is 17.0 Å². The Morgan fingerprint density at radius 2 is 1.26 bits per heavy atom. The minimum absolute atomic E-state index is 0.0149. The number of para-hydroxylation sites is 1. The molecule has 1 heterocycles. The quantitative estimate of drug-likeness (QED) is 0.557. The van der Waals surface area contributed by atoms with Crippen molar-refractivity contribution in [3.05, 3.63) is 90.0 Å². The molecular weight excluding hydrogens is 320 g/mol. The molecule has 23 heavy (non-hydrogen) atoms. The average molecular weight is 334 g/mol. The molecule has 3 heteroatoms. The fourth-order valence-electron chi connectivity index (χ4n) is 2.83. The minimum Gasteiger partial charge on any atom is -0.449 e. The van der Waals surface area contributed by atoms with Crippen molar-refractivity contribution in [3.8, 4) is 5.75 Å². The van der Waals surface area contributed by atoms with Crippen molar-refractivity contribution in [2.75, 3.05) is 0 Å². The van der Waals surface area contributed by atoms with Crippen LogP contribution in [0, 0.1) is 0 Å². The lowest BCUT2D eigenvalue weighted by Crippen LogP contribution is -2.21. The van der Waals surface area contributed by atoms with Crippen LogP contribution in [0.5, 0.6) is 5.75 Å². The Bertz CT molecular complexity index is 813. The second-order valence-corrected chi connectivity index (χ2v) is 6.83. The number of fused-ring (bicyclic) bond motifs is 2. The van der Waals surface area contributed by atoms with Crippen LogP contribution in [-0.4, -0.2) is 5.05 Å². The third-order valence-electron chi connectivity index (χ3n) is 3.88. The Hall–Kier alpha value is -2.10. The maximum absolute atomic E-state index is 5.99. The van der Waals surface area contributed by atoms with Crippen LogP contribution < -0.4 is 4.74 Å². The highest BCUT2D eigenvalue weighted by Gasteiger charge is 2.30. The molecule has 1 nitrogen and oxygen atoms in total. The van der Waals surface area contributed by atoms with Crippen molar-refractivity contribution in [1.29, 1.82) is 0 Å². The summed E-state index contributed by atoms with van der Waals surface area (Å²) in [5.74, 6) is 0.768. The van der Waals surface area contributed by atoms with Gasteiger partial charge in [0.15, 0.2) is 5.05 Å². The van der Waals surface area contributed by atoms with Crippen molar-refractivity contribution in [1.82, 2.24) is 0 Å². The summed E-state index contributed by atoms with van der Waals surface area (Å²) in [6.45, 7) is 0. The van der Waals surface area contributed by atoms with Gasteiger partial charge in [-0.1, -0.05) is 66.4 Å². The summed E-state index contributed by atoms with van der Waals surface area (Å²) < 4.78 is 5.99. The number of hydrogen-bond donors (Lipinski definition) is 0. The maximum Gasteiger partial charge on any atom is 0.179 e. The average Bonchev–Trinajstić information content (AvgIpc) is 2.60. The molecule has 0 N–H and O–H groups in total. The van der Waals surface area contributed by atoms with Gasteiger partial charge in [-0.05, 0) is 47.6 Å². The smallest absolute Gasteiger partial charge is 0.179 e. The molecule has 1 aliphatic heterocycles. The van der Waals surface area contributed by atoms with Crippen molar-refractivity contribution in [2.45, 2.75) is 15.7 Å². The van der Waals surface area contributed by atoms with Crippen molar-refractivity contribution in [3.63, 3.8) is 0 Å². The van der Waals surface area contributed by atoms with Crippen molar-refractivity contribution < 1.29 is 4.74 Å². The van der Waals surface area contributed by atoms with Crippen LogP contribution in [0.15, 0.2) is 88.7 Å². The number of thiocarbonyl (C=S) groups is 1. The first kappa shape index (κ1) is 14.5. The van der Waals surface area contributed by atoms with E-state index >= 15 is 0 Å². The second-order valence-electron chi connectivity index (χ2n) is 5.34. The highest BCUT2D eigenvalue weighted by Crippen LogP contribution is 2.46. The van der Waals surface area contributed by atoms with Gasteiger partial charge < -0.3 is 4.74 Å². The molecule has 0 saturated heterocycles. The maximum atomic E-state index is 5.99. The van der Waals surface area contributed by atoms with Crippen molar-refractivity contribution >= 4 is 29.0 Å². The van der Waals surface area contributed by atoms with E-state index in [1.165, 1.54) is 20.9 Å². The summed E-state index contributed by atoms with van der Waals surface area (Å²) in [6, 6.07) is 26.6. The predicted octanol–water partition coefficient (Wildman–Crippen LogP) is 5.69. The zero-order chi connectivity index (χ0) is 15.6. The lowest BCUT2D eigenvalue weighted by molar-refractivity contribution is 0.541. The third-order valence-corrected chi connectivity index (χ3v) is 5.38. The molecule has 0 aromatic heterocycles. The first-order valence-electron chi connectivity index (χ1n) is 7.45. The van der Waals surface area contributed by atoms with Gasteiger partial charge in [0, 0.05) is 9.79 Å². The number of hydrogen-bond acceptors (Lipinski definition) is 3. The molecule has 3 aromatic carbocycles. The highest BCUT2D eigenvalue weighted by atomic mass is 32.2. The van der Waals surface area contributed by atoms with Gasteiger partial charge in [-0.25, -0.2) is 0 Å².